The Morgan fingerprint density at radius 3 is 2.59 bits per heavy atom. The molecular formula is C54H65N4O13+. The number of carbonyl (C=O) groups excluding carboxylic acids is 1. The first-order valence-electron chi connectivity index (χ1n) is 25.0. The number of nitrogens with zero attached hydrogens (tertiary/aromatic N) is 1. The van der Waals surface area contributed by atoms with E-state index in [0.717, 1.165) is 54.7 Å². The Morgan fingerprint density at radius 2 is 1.83 bits per heavy atom. The zero-order chi connectivity index (χ0) is 50.0. The second kappa shape index (κ2) is 19.2. The Kier molecular flexibility index (Phi) is 13.3. The van der Waals surface area contributed by atoms with Crippen molar-refractivity contribution in [2.75, 3.05) is 33.4 Å². The summed E-state index contributed by atoms with van der Waals surface area (Å²) in [6.45, 7) is 3.05. The van der Waals surface area contributed by atoms with Crippen LogP contribution >= 0.6 is 0 Å². The number of fused-ring (bicyclic) bond motifs is 4. The van der Waals surface area contributed by atoms with Crippen molar-refractivity contribution in [3.05, 3.63) is 105 Å². The van der Waals surface area contributed by atoms with Crippen LogP contribution in [0.4, 0.5) is 5.69 Å². The molecule has 10 rings (SSSR count). The predicted octanol–water partition coefficient (Wildman–Crippen LogP) is 2.97. The van der Waals surface area contributed by atoms with Gasteiger partial charge in [0.1, 0.15) is 77.4 Å². The molecule has 2 spiro atoms. The molecule has 10 N–H and O–H groups in total. The molecule has 0 bridgehead atoms. The second-order valence-electron chi connectivity index (χ2n) is 20.7. The number of aliphatic hydroxyl groups is 5. The fourth-order valence-electron chi connectivity index (χ4n) is 12.9. The molecule has 3 aromatic carbocycles. The van der Waals surface area contributed by atoms with E-state index < -0.39 is 60.7 Å². The van der Waals surface area contributed by atoms with Gasteiger partial charge < -0.3 is 55.5 Å². The summed E-state index contributed by atoms with van der Waals surface area (Å²) in [4.78, 5) is 46.3. The monoisotopic (exact) mass is 977 g/mol. The zero-order valence-corrected chi connectivity index (χ0v) is 40.3. The first-order chi connectivity index (χ1) is 34.1. The summed E-state index contributed by atoms with van der Waals surface area (Å²) in [6.07, 6.45) is 8.51. The number of hydrogen-bond acceptors (Lipinski definition) is 15. The van der Waals surface area contributed by atoms with Crippen molar-refractivity contribution in [1.29, 1.82) is 0 Å². The Bertz CT molecular complexity index is 2910. The van der Waals surface area contributed by atoms with E-state index in [1.54, 1.807) is 19.2 Å². The third-order valence-corrected chi connectivity index (χ3v) is 16.5. The number of aryl methyl sites for hydroxylation is 1. The number of carbonyl (C=O) groups is 1. The summed E-state index contributed by atoms with van der Waals surface area (Å²) in [5.41, 5.74) is -0.555. The average molecular weight is 978 g/mol. The zero-order valence-electron chi connectivity index (χ0n) is 40.3. The highest BCUT2D eigenvalue weighted by atomic mass is 17.2. The van der Waals surface area contributed by atoms with E-state index in [4.69, 9.17) is 18.9 Å². The van der Waals surface area contributed by atoms with Gasteiger partial charge in [-0.1, -0.05) is 44.4 Å². The SMILES string of the molecule is CCC1C2=CC=NC2=C[NH+]1c1c2c(cc3c(=O)cc(C)oc13)CC(OOCC(O)(Cc1ccc(O)c3ccc(O)cc13)C(O)C(O)C(O)CO)C1(CC(C3CNC(=O)C34CCCCC4)C=CC1CNC)O2. The van der Waals surface area contributed by atoms with Crippen molar-refractivity contribution in [2.24, 2.45) is 28.2 Å². The fraction of sp³-hybridized carbons (Fsp3) is 0.500. The van der Waals surface area contributed by atoms with Gasteiger partial charge in [0.05, 0.1) is 17.4 Å². The van der Waals surface area contributed by atoms with Crippen LogP contribution in [-0.2, 0) is 27.4 Å². The van der Waals surface area contributed by atoms with Crippen molar-refractivity contribution in [1.82, 2.24) is 10.6 Å². The number of phenolic OH excluding ortho intramolecular Hbond substituents is 2. The minimum Gasteiger partial charge on any atom is -0.508 e. The van der Waals surface area contributed by atoms with Gasteiger partial charge in [0, 0.05) is 67.1 Å². The van der Waals surface area contributed by atoms with Crippen molar-refractivity contribution < 1.29 is 64.4 Å². The lowest BCUT2D eigenvalue weighted by Crippen LogP contribution is -3.05. The predicted molar refractivity (Wildman–Crippen MR) is 262 cm³/mol. The van der Waals surface area contributed by atoms with Crippen LogP contribution in [0.3, 0.4) is 0 Å². The molecule has 1 saturated heterocycles. The van der Waals surface area contributed by atoms with E-state index in [0.29, 0.717) is 69.6 Å². The molecule has 1 aromatic heterocycles. The molecule has 378 valence electrons. The highest BCUT2D eigenvalue weighted by Gasteiger charge is 2.60. The molecule has 11 unspecified atom stereocenters. The number of aliphatic hydroxyl groups excluding tert-OH is 4. The molecular weight excluding hydrogens is 913 g/mol. The largest absolute Gasteiger partial charge is 0.508 e. The quantitative estimate of drug-likeness (QED) is 0.0467. The van der Waals surface area contributed by atoms with Gasteiger partial charge in [0.2, 0.25) is 17.2 Å². The molecule has 1 saturated carbocycles. The van der Waals surface area contributed by atoms with Gasteiger partial charge in [-0.05, 0) is 92.4 Å². The second-order valence-corrected chi connectivity index (χ2v) is 20.7. The van der Waals surface area contributed by atoms with Crippen LogP contribution in [0.1, 0.15) is 68.8 Å². The number of aromatic hydroxyl groups is 2. The number of hydrogen-bond donors (Lipinski definition) is 10. The van der Waals surface area contributed by atoms with Gasteiger partial charge in [-0.3, -0.25) is 19.5 Å². The molecule has 11 atom stereocenters. The van der Waals surface area contributed by atoms with Crippen LogP contribution in [0.2, 0.25) is 0 Å². The van der Waals surface area contributed by atoms with Gasteiger partial charge in [-0.25, -0.2) is 9.78 Å². The summed E-state index contributed by atoms with van der Waals surface area (Å²) >= 11 is 0. The lowest BCUT2D eigenvalue weighted by atomic mass is 9.59. The van der Waals surface area contributed by atoms with Crippen LogP contribution in [0, 0.1) is 30.1 Å². The smallest absolute Gasteiger partial charge is 0.226 e. The van der Waals surface area contributed by atoms with Gasteiger partial charge in [-0.2, -0.15) is 0 Å². The van der Waals surface area contributed by atoms with Crippen molar-refractivity contribution in [3.8, 4) is 17.2 Å². The number of amides is 1. The molecule has 0 radical (unpaired) electrons. The Morgan fingerprint density at radius 1 is 1.03 bits per heavy atom. The first kappa shape index (κ1) is 49.1. The van der Waals surface area contributed by atoms with Gasteiger partial charge in [0.15, 0.2) is 11.2 Å². The Labute approximate surface area is 410 Å². The highest BCUT2D eigenvalue weighted by molar-refractivity contribution is 5.92. The number of phenols is 2. The van der Waals surface area contributed by atoms with E-state index >= 15 is 0 Å². The molecule has 17 heteroatoms. The molecule has 5 heterocycles. The number of aliphatic imine (C=N–C) groups is 1. The van der Waals surface area contributed by atoms with Crippen molar-refractivity contribution in [3.63, 3.8) is 0 Å². The molecule has 4 aliphatic heterocycles. The maximum absolute atomic E-state index is 14.0. The minimum atomic E-state index is -2.44. The van der Waals surface area contributed by atoms with Gasteiger partial charge in [0.25, 0.3) is 0 Å². The number of nitrogens with one attached hydrogen (secondary N) is 3. The number of benzene rings is 3. The van der Waals surface area contributed by atoms with Crippen LogP contribution < -0.4 is 25.7 Å². The minimum absolute atomic E-state index is 0.0656. The lowest BCUT2D eigenvalue weighted by molar-refractivity contribution is -0.793. The average Bonchev–Trinajstić information content (AvgIpc) is 4.05. The van der Waals surface area contributed by atoms with Crippen molar-refractivity contribution in [2.45, 2.75) is 113 Å². The summed E-state index contributed by atoms with van der Waals surface area (Å²) in [6, 6.07) is 10.4. The third kappa shape index (κ3) is 8.38. The number of ether oxygens (including phenoxy) is 1. The molecule has 17 nitrogen and oxygen atoms in total. The fourth-order valence-corrected chi connectivity index (χ4v) is 12.9. The number of quaternary nitrogens is 1. The van der Waals surface area contributed by atoms with E-state index in [1.807, 2.05) is 19.3 Å². The maximum atomic E-state index is 14.0. The lowest BCUT2D eigenvalue weighted by Gasteiger charge is -2.52. The first-order valence-corrected chi connectivity index (χ1v) is 25.0. The van der Waals surface area contributed by atoms with Crippen molar-refractivity contribution >= 4 is 39.6 Å². The van der Waals surface area contributed by atoms with E-state index in [2.05, 4.69) is 34.7 Å². The molecule has 2 fully saturated rings. The number of allylic oxidation sites excluding steroid dienone is 2. The molecule has 4 aromatic rings. The van der Waals surface area contributed by atoms with Crippen LogP contribution in [0.5, 0.6) is 17.2 Å². The molecule has 6 aliphatic rings. The van der Waals surface area contributed by atoms with Crippen LogP contribution in [-0.4, -0.2) is 123 Å². The van der Waals surface area contributed by atoms with Crippen LogP contribution in [0.15, 0.2) is 92.4 Å². The summed E-state index contributed by atoms with van der Waals surface area (Å²) in [7, 11) is 1.85. The highest BCUT2D eigenvalue weighted by Crippen LogP contribution is 2.55. The standard InChI is InChI=1S/C54H64N4O13/c1-4-41-36-14-17-56-40(36)26-58(41)46-48-32(19-38-43(62)18-29(2)69-49(38)46)20-45(54(70-48)23-31(8-10-33(54)24-55-3)39-25-57-51(66)52(39)15-6-5-7-16-52)71-68-28-53(67,50(65)47(64)44(63)27-59)22-30-9-13-42(61)35-12-11-34(60)21-37(30)35/h8-14,17-19,21,26,31,33,39,41,44-45,47,50,55,59-61,63-65,67H,4-7,15-16,20,22-25,27-28H2,1-3H3,(H,57,66)/p+1. The van der Waals surface area contributed by atoms with Crippen LogP contribution in [0.25, 0.3) is 21.7 Å². The maximum Gasteiger partial charge on any atom is 0.226 e. The normalized spacial score (nSPS) is 28.6. The number of rotatable bonds is 15. The van der Waals surface area contributed by atoms with E-state index in [9.17, 15) is 45.3 Å². The summed E-state index contributed by atoms with van der Waals surface area (Å²) in [5, 5.41) is 84.6. The third-order valence-electron chi connectivity index (χ3n) is 16.5. The van der Waals surface area contributed by atoms with E-state index in [1.165, 1.54) is 36.4 Å². The van der Waals surface area contributed by atoms with Gasteiger partial charge in [-0.15, -0.1) is 0 Å². The molecule has 2 aliphatic carbocycles. The van der Waals surface area contributed by atoms with E-state index in [-0.39, 0.29) is 53.1 Å². The Balaban J connectivity index is 1.10. The summed E-state index contributed by atoms with van der Waals surface area (Å²) in [5.74, 6) is 0.202. The topological polar surface area (TPSA) is 257 Å². The Hall–Kier alpha value is -5.47. The summed E-state index contributed by atoms with van der Waals surface area (Å²) < 4.78 is 14.3. The van der Waals surface area contributed by atoms with Gasteiger partial charge >= 0.3 is 0 Å². The molecule has 1 amide bonds. The molecule has 71 heavy (non-hydrogen) atoms.